The van der Waals surface area contributed by atoms with E-state index in [-0.39, 0.29) is 35.6 Å². The normalized spacial score (nSPS) is 23.0. The summed E-state index contributed by atoms with van der Waals surface area (Å²) in [6.07, 6.45) is 4.34. The van der Waals surface area contributed by atoms with Crippen LogP contribution >= 0.6 is 0 Å². The monoisotopic (exact) mass is 643 g/mol. The quantitative estimate of drug-likeness (QED) is 0.260. The molecule has 0 aliphatic carbocycles. The Bertz CT molecular complexity index is 1610. The minimum atomic E-state index is -0.608. The Balaban J connectivity index is 0.909. The number of carbonyl (C=O) groups is 3. The van der Waals surface area contributed by atoms with Crippen LogP contribution in [0.5, 0.6) is 5.75 Å². The van der Waals surface area contributed by atoms with E-state index in [0.29, 0.717) is 30.6 Å². The molecule has 7 rings (SSSR count). The lowest BCUT2D eigenvalue weighted by Crippen LogP contribution is -2.64. The van der Waals surface area contributed by atoms with E-state index in [4.69, 9.17) is 4.74 Å². The zero-order valence-electron chi connectivity index (χ0n) is 26.7. The molecule has 248 valence electrons. The smallest absolute Gasteiger partial charge is 0.311 e. The van der Waals surface area contributed by atoms with Crippen LogP contribution in [0.1, 0.15) is 47.2 Å². The van der Waals surface area contributed by atoms with Crippen LogP contribution < -0.4 is 19.9 Å². The number of amides is 3. The van der Waals surface area contributed by atoms with Gasteiger partial charge in [0.2, 0.25) is 11.8 Å². The van der Waals surface area contributed by atoms with Crippen LogP contribution in [0.25, 0.3) is 6.08 Å². The highest BCUT2D eigenvalue weighted by Gasteiger charge is 2.42. The van der Waals surface area contributed by atoms with Crippen LogP contribution in [0, 0.1) is 10.1 Å². The zero-order chi connectivity index (χ0) is 32.8. The summed E-state index contributed by atoms with van der Waals surface area (Å²) in [6.45, 7) is 11.9. The lowest BCUT2D eigenvalue weighted by molar-refractivity contribution is -0.385. The second kappa shape index (κ2) is 12.6. The van der Waals surface area contributed by atoms with E-state index in [1.54, 1.807) is 23.1 Å². The number of hydrogen-bond donors (Lipinski definition) is 1. The maximum absolute atomic E-state index is 13.3. The largest absolute Gasteiger partial charge is 0.490 e. The second-order valence-electron chi connectivity index (χ2n) is 13.1. The van der Waals surface area contributed by atoms with Gasteiger partial charge in [-0.1, -0.05) is 18.7 Å². The van der Waals surface area contributed by atoms with Crippen LogP contribution in [0.4, 0.5) is 17.1 Å². The van der Waals surface area contributed by atoms with Gasteiger partial charge in [-0.05, 0) is 31.4 Å². The molecule has 4 fully saturated rings. The highest BCUT2D eigenvalue weighted by atomic mass is 16.6. The number of hydrogen-bond acceptors (Lipinski definition) is 10. The number of imide groups is 1. The fourth-order valence-corrected chi connectivity index (χ4v) is 8.01. The van der Waals surface area contributed by atoms with Gasteiger partial charge in [-0.3, -0.25) is 39.6 Å². The lowest BCUT2D eigenvalue weighted by Gasteiger charge is -2.51. The number of rotatable bonds is 8. The first-order valence-electron chi connectivity index (χ1n) is 16.5. The Morgan fingerprint density at radius 2 is 1.64 bits per heavy atom. The molecule has 1 unspecified atom stereocenters. The standard InChI is InChI=1S/C34H41N7O6/c1-3-22-17-30(41(45)46)31(47-2)18-29(22)38-11-9-23(10-12-38)36-13-15-37(16-14-36)24-19-39(20-24)27-6-4-5-25-26(27)21-40(34(25)44)28-7-8-32(42)35-33(28)43/h3-6,17-18,23-24,28H,1,7-16,19-21H2,2H3,(H,35,42,43). The number of nitro groups is 1. The third-order valence-electron chi connectivity index (χ3n) is 10.7. The van der Waals surface area contributed by atoms with Crippen molar-refractivity contribution in [2.75, 3.05) is 69.3 Å². The van der Waals surface area contributed by atoms with Gasteiger partial charge >= 0.3 is 5.69 Å². The Morgan fingerprint density at radius 3 is 2.28 bits per heavy atom. The molecule has 1 N–H and O–H groups in total. The summed E-state index contributed by atoms with van der Waals surface area (Å²) in [5.41, 5.74) is 4.33. The molecule has 4 saturated heterocycles. The summed E-state index contributed by atoms with van der Waals surface area (Å²) in [5.74, 6) is -0.534. The van der Waals surface area contributed by atoms with Crippen molar-refractivity contribution in [3.05, 3.63) is 63.7 Å². The number of carbonyl (C=O) groups excluding carboxylic acids is 3. The van der Waals surface area contributed by atoms with Gasteiger partial charge in [0.15, 0.2) is 5.75 Å². The first-order valence-corrected chi connectivity index (χ1v) is 16.5. The van der Waals surface area contributed by atoms with Crippen molar-refractivity contribution in [3.63, 3.8) is 0 Å². The molecule has 5 aliphatic rings. The molecule has 5 aliphatic heterocycles. The average Bonchev–Trinajstić information content (AvgIpc) is 3.40. The summed E-state index contributed by atoms with van der Waals surface area (Å²) >= 11 is 0. The maximum atomic E-state index is 13.3. The molecule has 13 heteroatoms. The number of piperidine rings is 2. The van der Waals surface area contributed by atoms with Gasteiger partial charge in [-0.15, -0.1) is 0 Å². The number of ether oxygens (including phenoxy) is 1. The first-order chi connectivity index (χ1) is 22.7. The van der Waals surface area contributed by atoms with Gasteiger partial charge < -0.3 is 19.4 Å². The molecule has 13 nitrogen and oxygen atoms in total. The molecule has 2 aromatic carbocycles. The van der Waals surface area contributed by atoms with Crippen LogP contribution in [-0.4, -0.2) is 115 Å². The number of piperazine rings is 1. The minimum absolute atomic E-state index is 0.0484. The fraction of sp³-hybridized carbons (Fsp3) is 0.500. The molecule has 0 radical (unpaired) electrons. The summed E-state index contributed by atoms with van der Waals surface area (Å²) in [6, 6.07) is 9.53. The number of nitro benzene ring substituents is 1. The number of nitrogens with zero attached hydrogens (tertiary/aromatic N) is 6. The van der Waals surface area contributed by atoms with E-state index >= 15 is 0 Å². The molecule has 0 spiro atoms. The van der Waals surface area contributed by atoms with Gasteiger partial charge in [-0.25, -0.2) is 0 Å². The van der Waals surface area contributed by atoms with E-state index < -0.39 is 11.0 Å². The fourth-order valence-electron chi connectivity index (χ4n) is 8.01. The van der Waals surface area contributed by atoms with E-state index in [0.717, 1.165) is 87.7 Å². The minimum Gasteiger partial charge on any atom is -0.490 e. The van der Waals surface area contributed by atoms with Crippen molar-refractivity contribution in [2.24, 2.45) is 0 Å². The summed E-state index contributed by atoms with van der Waals surface area (Å²) < 4.78 is 5.33. The van der Waals surface area contributed by atoms with Crippen LogP contribution in [0.2, 0.25) is 0 Å². The molecule has 47 heavy (non-hydrogen) atoms. The molecular weight excluding hydrogens is 602 g/mol. The Kier molecular flexibility index (Phi) is 8.35. The third-order valence-corrected chi connectivity index (χ3v) is 10.7. The zero-order valence-corrected chi connectivity index (χ0v) is 26.7. The summed E-state index contributed by atoms with van der Waals surface area (Å²) in [4.78, 5) is 59.9. The Labute approximate surface area is 273 Å². The maximum Gasteiger partial charge on any atom is 0.311 e. The van der Waals surface area contributed by atoms with Crippen molar-refractivity contribution in [1.29, 1.82) is 0 Å². The third kappa shape index (κ3) is 5.71. The summed E-state index contributed by atoms with van der Waals surface area (Å²) in [7, 11) is 1.46. The first kappa shape index (κ1) is 31.1. The van der Waals surface area contributed by atoms with Crippen molar-refractivity contribution in [3.8, 4) is 5.75 Å². The van der Waals surface area contributed by atoms with E-state index in [9.17, 15) is 24.5 Å². The molecule has 0 bridgehead atoms. The topological polar surface area (TPSA) is 132 Å². The Hall–Kier alpha value is -4.49. The van der Waals surface area contributed by atoms with E-state index in [1.165, 1.54) is 7.11 Å². The number of anilines is 2. The second-order valence-corrected chi connectivity index (χ2v) is 13.1. The SMILES string of the molecule is C=Cc1cc([N+](=O)[O-])c(OC)cc1N1CCC(N2CCN(C3CN(c4cccc5c4CN(C4CCC(=O)NC4=O)C5=O)C3)CC2)CC1. The molecule has 0 aromatic heterocycles. The lowest BCUT2D eigenvalue weighted by atomic mass is 9.98. The molecule has 2 aromatic rings. The predicted molar refractivity (Wildman–Crippen MR) is 177 cm³/mol. The number of fused-ring (bicyclic) bond motifs is 1. The number of methoxy groups -OCH3 is 1. The number of benzene rings is 2. The van der Waals surface area contributed by atoms with Gasteiger partial charge in [-0.2, -0.15) is 0 Å². The van der Waals surface area contributed by atoms with Gasteiger partial charge in [0.1, 0.15) is 6.04 Å². The molecule has 0 saturated carbocycles. The van der Waals surface area contributed by atoms with Crippen molar-refractivity contribution in [2.45, 2.75) is 50.4 Å². The highest BCUT2D eigenvalue weighted by molar-refractivity contribution is 6.06. The van der Waals surface area contributed by atoms with Gasteiger partial charge in [0.05, 0.1) is 12.0 Å². The van der Waals surface area contributed by atoms with Crippen molar-refractivity contribution in [1.82, 2.24) is 20.0 Å². The van der Waals surface area contributed by atoms with E-state index in [2.05, 4.69) is 37.6 Å². The Morgan fingerprint density at radius 1 is 0.936 bits per heavy atom. The average molecular weight is 644 g/mol. The number of nitrogens with one attached hydrogen (secondary N) is 1. The molecular formula is C34H41N7O6. The molecule has 5 heterocycles. The van der Waals surface area contributed by atoms with Gasteiger partial charge in [0.25, 0.3) is 5.91 Å². The van der Waals surface area contributed by atoms with Crippen molar-refractivity contribution < 1.29 is 24.0 Å². The van der Waals surface area contributed by atoms with Gasteiger partial charge in [0, 0.05) is 118 Å². The van der Waals surface area contributed by atoms with Crippen LogP contribution in [0.3, 0.4) is 0 Å². The van der Waals surface area contributed by atoms with E-state index in [1.807, 2.05) is 12.1 Å². The van der Waals surface area contributed by atoms with Crippen LogP contribution in [0.15, 0.2) is 36.9 Å². The molecule has 1 atom stereocenters. The van der Waals surface area contributed by atoms with Crippen LogP contribution in [-0.2, 0) is 16.1 Å². The highest BCUT2D eigenvalue weighted by Crippen LogP contribution is 2.38. The van der Waals surface area contributed by atoms with Crippen molar-refractivity contribution >= 4 is 40.9 Å². The predicted octanol–water partition coefficient (Wildman–Crippen LogP) is 2.48. The summed E-state index contributed by atoms with van der Waals surface area (Å²) in [5, 5.41) is 13.9. The molecule has 3 amide bonds.